The van der Waals surface area contributed by atoms with E-state index >= 15 is 0 Å². The van der Waals surface area contributed by atoms with Gasteiger partial charge >= 0.3 is 0 Å². The van der Waals surface area contributed by atoms with Gasteiger partial charge in [0.2, 0.25) is 0 Å². The normalized spacial score (nSPS) is 38.5. The third-order valence-electron chi connectivity index (χ3n) is 5.89. The summed E-state index contributed by atoms with van der Waals surface area (Å²) in [5.41, 5.74) is 0.0820. The second kappa shape index (κ2) is 5.55. The van der Waals surface area contributed by atoms with Gasteiger partial charge in [-0.1, -0.05) is 32.6 Å². The Labute approximate surface area is 117 Å². The van der Waals surface area contributed by atoms with Crippen LogP contribution in [-0.4, -0.2) is 18.0 Å². The first-order chi connectivity index (χ1) is 9.20. The van der Waals surface area contributed by atoms with Crippen LogP contribution in [0.25, 0.3) is 0 Å². The first-order valence-electron chi connectivity index (χ1n) is 8.38. The summed E-state index contributed by atoms with van der Waals surface area (Å²) >= 11 is 0. The molecule has 0 amide bonds. The zero-order chi connectivity index (χ0) is 13.3. The van der Waals surface area contributed by atoms with E-state index in [1.165, 1.54) is 44.9 Å². The smallest absolute Gasteiger partial charge is 0.139 e. The molecule has 19 heavy (non-hydrogen) atoms. The molecule has 3 unspecified atom stereocenters. The molecule has 0 aromatic heterocycles. The molecule has 1 aliphatic heterocycles. The number of ether oxygens (including phenoxy) is 1. The Bertz CT molecular complexity index is 325. The van der Waals surface area contributed by atoms with E-state index in [4.69, 9.17) is 4.74 Å². The van der Waals surface area contributed by atoms with Crippen molar-refractivity contribution >= 4 is 5.78 Å². The molecule has 2 saturated carbocycles. The maximum Gasteiger partial charge on any atom is 0.139 e. The summed E-state index contributed by atoms with van der Waals surface area (Å²) in [5, 5.41) is 0. The van der Waals surface area contributed by atoms with E-state index in [9.17, 15) is 4.79 Å². The Hall–Kier alpha value is -0.370. The Morgan fingerprint density at radius 2 is 1.84 bits per heavy atom. The molecule has 0 bridgehead atoms. The lowest BCUT2D eigenvalue weighted by atomic mass is 9.72. The topological polar surface area (TPSA) is 26.3 Å². The lowest BCUT2D eigenvalue weighted by molar-refractivity contribution is -0.146. The van der Waals surface area contributed by atoms with E-state index in [1.807, 2.05) is 0 Å². The van der Waals surface area contributed by atoms with Crippen molar-refractivity contribution in [3.05, 3.63) is 0 Å². The average Bonchev–Trinajstić information content (AvgIpc) is 2.85. The molecule has 0 radical (unpaired) electrons. The molecule has 108 valence electrons. The summed E-state index contributed by atoms with van der Waals surface area (Å²) in [6.45, 7) is 3.09. The van der Waals surface area contributed by atoms with Gasteiger partial charge in [-0.15, -0.1) is 0 Å². The van der Waals surface area contributed by atoms with E-state index < -0.39 is 0 Å². The van der Waals surface area contributed by atoms with E-state index in [1.54, 1.807) is 0 Å². The summed E-state index contributed by atoms with van der Waals surface area (Å²) < 4.78 is 6.12. The van der Waals surface area contributed by atoms with Crippen molar-refractivity contribution in [2.45, 2.75) is 76.7 Å². The van der Waals surface area contributed by atoms with Gasteiger partial charge in [0.15, 0.2) is 0 Å². The van der Waals surface area contributed by atoms with Crippen LogP contribution in [0.15, 0.2) is 0 Å². The third-order valence-corrected chi connectivity index (χ3v) is 5.89. The highest BCUT2D eigenvalue weighted by Crippen LogP contribution is 2.43. The monoisotopic (exact) mass is 264 g/mol. The zero-order valence-electron chi connectivity index (χ0n) is 12.3. The van der Waals surface area contributed by atoms with Gasteiger partial charge < -0.3 is 4.74 Å². The minimum absolute atomic E-state index is 0.0820. The van der Waals surface area contributed by atoms with Crippen LogP contribution in [-0.2, 0) is 9.53 Å². The first-order valence-corrected chi connectivity index (χ1v) is 8.38. The Balaban J connectivity index is 1.65. The predicted molar refractivity (Wildman–Crippen MR) is 76.0 cm³/mol. The highest BCUT2D eigenvalue weighted by Gasteiger charge is 2.43. The van der Waals surface area contributed by atoms with Crippen LogP contribution in [0.1, 0.15) is 71.1 Å². The summed E-state index contributed by atoms with van der Waals surface area (Å²) in [7, 11) is 0. The van der Waals surface area contributed by atoms with E-state index in [0.717, 1.165) is 25.9 Å². The van der Waals surface area contributed by atoms with Crippen LogP contribution in [0.5, 0.6) is 0 Å². The summed E-state index contributed by atoms with van der Waals surface area (Å²) in [5.74, 6) is 1.87. The second-order valence-corrected chi connectivity index (χ2v) is 7.20. The molecule has 1 heterocycles. The largest absolute Gasteiger partial charge is 0.375 e. The molecule has 2 aliphatic carbocycles. The summed E-state index contributed by atoms with van der Waals surface area (Å²) in [6.07, 6.45) is 12.0. The predicted octanol–water partition coefficient (Wildman–Crippen LogP) is 4.12. The SMILES string of the molecule is CC1CCCC1C(=O)C1CCOC2(CCCCC2)C1. The van der Waals surface area contributed by atoms with Crippen molar-refractivity contribution in [1.29, 1.82) is 0 Å². The lowest BCUT2D eigenvalue weighted by Crippen LogP contribution is -2.44. The number of carbonyl (C=O) groups excluding carboxylic acids is 1. The van der Waals surface area contributed by atoms with Crippen LogP contribution in [0.4, 0.5) is 0 Å². The Morgan fingerprint density at radius 1 is 1.05 bits per heavy atom. The van der Waals surface area contributed by atoms with Gasteiger partial charge in [0, 0.05) is 18.4 Å². The van der Waals surface area contributed by atoms with Crippen LogP contribution in [0.2, 0.25) is 0 Å². The molecule has 1 saturated heterocycles. The molecule has 0 aromatic rings. The molecular weight excluding hydrogens is 236 g/mol. The van der Waals surface area contributed by atoms with Gasteiger partial charge in [-0.3, -0.25) is 4.79 Å². The van der Waals surface area contributed by atoms with Gasteiger partial charge in [-0.25, -0.2) is 0 Å². The van der Waals surface area contributed by atoms with Gasteiger partial charge in [0.25, 0.3) is 0 Å². The van der Waals surface area contributed by atoms with Crippen LogP contribution in [0, 0.1) is 17.8 Å². The van der Waals surface area contributed by atoms with E-state index in [-0.39, 0.29) is 5.60 Å². The van der Waals surface area contributed by atoms with Crippen molar-refractivity contribution in [2.24, 2.45) is 17.8 Å². The first kappa shape index (κ1) is 13.6. The number of carbonyl (C=O) groups is 1. The molecule has 3 fully saturated rings. The minimum Gasteiger partial charge on any atom is -0.375 e. The highest BCUT2D eigenvalue weighted by molar-refractivity contribution is 5.84. The van der Waals surface area contributed by atoms with Gasteiger partial charge in [-0.2, -0.15) is 0 Å². The molecule has 0 N–H and O–H groups in total. The number of hydrogen-bond acceptors (Lipinski definition) is 2. The van der Waals surface area contributed by atoms with Gasteiger partial charge in [-0.05, 0) is 44.4 Å². The van der Waals surface area contributed by atoms with Gasteiger partial charge in [0.05, 0.1) is 5.60 Å². The van der Waals surface area contributed by atoms with E-state index in [0.29, 0.717) is 23.5 Å². The minimum atomic E-state index is 0.0820. The number of hydrogen-bond donors (Lipinski definition) is 0. The fraction of sp³-hybridized carbons (Fsp3) is 0.941. The van der Waals surface area contributed by atoms with Crippen molar-refractivity contribution in [2.75, 3.05) is 6.61 Å². The molecule has 3 rings (SSSR count). The number of Topliss-reactive ketones (excluding diaryl/α,β-unsaturated/α-hetero) is 1. The van der Waals surface area contributed by atoms with Crippen molar-refractivity contribution in [3.8, 4) is 0 Å². The third kappa shape index (κ3) is 2.74. The molecule has 0 aromatic carbocycles. The van der Waals surface area contributed by atoms with Crippen molar-refractivity contribution in [1.82, 2.24) is 0 Å². The maximum absolute atomic E-state index is 12.8. The Kier molecular flexibility index (Phi) is 3.98. The number of rotatable bonds is 2. The van der Waals surface area contributed by atoms with E-state index in [2.05, 4.69) is 6.92 Å². The molecular formula is C17H28O2. The van der Waals surface area contributed by atoms with Crippen LogP contribution >= 0.6 is 0 Å². The molecule has 2 heteroatoms. The van der Waals surface area contributed by atoms with Crippen molar-refractivity contribution in [3.63, 3.8) is 0 Å². The Morgan fingerprint density at radius 3 is 2.53 bits per heavy atom. The molecule has 2 nitrogen and oxygen atoms in total. The fourth-order valence-electron chi connectivity index (χ4n) is 4.69. The average molecular weight is 264 g/mol. The standard InChI is InChI=1S/C17H28O2/c1-13-6-5-7-15(13)16(18)14-8-11-19-17(12-14)9-3-2-4-10-17/h13-15H,2-12H2,1H3. The molecule has 3 atom stereocenters. The summed E-state index contributed by atoms with van der Waals surface area (Å²) in [6, 6.07) is 0. The molecule has 1 spiro atoms. The second-order valence-electron chi connectivity index (χ2n) is 7.20. The maximum atomic E-state index is 12.8. The fourth-order valence-corrected chi connectivity index (χ4v) is 4.69. The van der Waals surface area contributed by atoms with Crippen molar-refractivity contribution < 1.29 is 9.53 Å². The quantitative estimate of drug-likeness (QED) is 0.750. The number of ketones is 1. The summed E-state index contributed by atoms with van der Waals surface area (Å²) in [4.78, 5) is 12.8. The zero-order valence-corrected chi connectivity index (χ0v) is 12.3. The highest BCUT2D eigenvalue weighted by atomic mass is 16.5. The van der Waals surface area contributed by atoms with Crippen LogP contribution < -0.4 is 0 Å². The molecule has 3 aliphatic rings. The lowest BCUT2D eigenvalue weighted by Gasteiger charge is -2.43. The van der Waals surface area contributed by atoms with Gasteiger partial charge in [0.1, 0.15) is 5.78 Å². The van der Waals surface area contributed by atoms with Crippen LogP contribution in [0.3, 0.4) is 0 Å².